The quantitative estimate of drug-likeness (QED) is 0.878. The maximum absolute atomic E-state index is 12.3. The Balaban J connectivity index is 1.77. The van der Waals surface area contributed by atoms with Crippen molar-refractivity contribution in [1.82, 2.24) is 10.4 Å². The zero-order valence-corrected chi connectivity index (χ0v) is 11.6. The Labute approximate surface area is 126 Å². The topological polar surface area (TPSA) is 69.7 Å². The number of anilines is 1. The van der Waals surface area contributed by atoms with E-state index >= 15 is 0 Å². The molecule has 1 fully saturated rings. The van der Waals surface area contributed by atoms with Gasteiger partial charge in [0, 0.05) is 11.3 Å². The predicted octanol–water partition coefficient (Wildman–Crippen LogP) is 1.80. The molecule has 22 heavy (non-hydrogen) atoms. The van der Waals surface area contributed by atoms with Gasteiger partial charge in [0.15, 0.2) is 0 Å². The van der Waals surface area contributed by atoms with Crippen LogP contribution < -0.4 is 10.3 Å². The first kappa shape index (κ1) is 13.8. The van der Waals surface area contributed by atoms with Crippen molar-refractivity contribution >= 4 is 23.5 Å². The maximum atomic E-state index is 12.3. The summed E-state index contributed by atoms with van der Waals surface area (Å²) in [5.74, 6) is -0.977. The molecule has 1 N–H and O–H groups in total. The molecule has 0 spiro atoms. The van der Waals surface area contributed by atoms with Gasteiger partial charge in [-0.3, -0.25) is 19.9 Å². The molecule has 6 heteroatoms. The van der Waals surface area contributed by atoms with Crippen LogP contribution in [0, 0.1) is 0 Å². The summed E-state index contributed by atoms with van der Waals surface area (Å²) < 4.78 is 0. The Morgan fingerprint density at radius 2 is 1.50 bits per heavy atom. The summed E-state index contributed by atoms with van der Waals surface area (Å²) in [7, 11) is 0. The molecule has 0 bridgehead atoms. The van der Waals surface area contributed by atoms with E-state index in [0.29, 0.717) is 11.3 Å². The summed E-state index contributed by atoms with van der Waals surface area (Å²) >= 11 is 0. The average Bonchev–Trinajstić information content (AvgIpc) is 2.84. The summed E-state index contributed by atoms with van der Waals surface area (Å²) in [6, 6.07) is 16.7. The van der Waals surface area contributed by atoms with E-state index < -0.39 is 17.8 Å². The van der Waals surface area contributed by atoms with Crippen LogP contribution >= 0.6 is 0 Å². The summed E-state index contributed by atoms with van der Waals surface area (Å²) in [6.45, 7) is -0.0993. The van der Waals surface area contributed by atoms with Crippen LogP contribution in [0.25, 0.3) is 0 Å². The molecule has 1 saturated heterocycles. The van der Waals surface area contributed by atoms with E-state index in [1.165, 1.54) is 4.90 Å². The lowest BCUT2D eigenvalue weighted by atomic mass is 10.2. The molecule has 0 aromatic heterocycles. The highest BCUT2D eigenvalue weighted by Gasteiger charge is 2.38. The van der Waals surface area contributed by atoms with E-state index in [2.05, 4.69) is 5.43 Å². The van der Waals surface area contributed by atoms with Gasteiger partial charge in [0.25, 0.3) is 11.8 Å². The van der Waals surface area contributed by atoms with Gasteiger partial charge in [-0.25, -0.2) is 4.79 Å². The number of para-hydroxylation sites is 1. The van der Waals surface area contributed by atoms with Crippen molar-refractivity contribution in [3.8, 4) is 0 Å². The van der Waals surface area contributed by atoms with Crippen molar-refractivity contribution in [3.05, 3.63) is 66.2 Å². The molecule has 0 unspecified atom stereocenters. The van der Waals surface area contributed by atoms with E-state index in [4.69, 9.17) is 0 Å². The number of carbonyl (C=O) groups excluding carboxylic acids is 3. The first-order chi connectivity index (χ1) is 10.7. The van der Waals surface area contributed by atoms with Crippen molar-refractivity contribution in [3.63, 3.8) is 0 Å². The zero-order chi connectivity index (χ0) is 15.5. The minimum Gasteiger partial charge on any atom is -0.283 e. The van der Waals surface area contributed by atoms with E-state index in [9.17, 15) is 14.4 Å². The van der Waals surface area contributed by atoms with Gasteiger partial charge in [-0.2, -0.15) is 5.01 Å². The number of amides is 4. The van der Waals surface area contributed by atoms with Crippen LogP contribution in [0.1, 0.15) is 10.4 Å². The van der Waals surface area contributed by atoms with Crippen LogP contribution in [0.4, 0.5) is 10.5 Å². The molecule has 1 heterocycles. The fourth-order valence-corrected chi connectivity index (χ4v) is 2.18. The normalized spacial score (nSPS) is 14.4. The number of nitrogens with one attached hydrogen (secondary N) is 1. The highest BCUT2D eigenvalue weighted by molar-refractivity contribution is 6.13. The second-order valence-corrected chi connectivity index (χ2v) is 4.74. The standard InChI is InChI=1S/C16H13N3O3/c20-14-11-18(13-9-5-2-6-10-13)16(22)19(14)17-15(21)12-7-3-1-4-8-12/h1-10H,11H2,(H,17,21). The van der Waals surface area contributed by atoms with Crippen LogP contribution in [-0.4, -0.2) is 29.4 Å². The van der Waals surface area contributed by atoms with Crippen LogP contribution in [0.15, 0.2) is 60.7 Å². The number of nitrogens with zero attached hydrogens (tertiary/aromatic N) is 2. The van der Waals surface area contributed by atoms with E-state index in [1.807, 2.05) is 6.07 Å². The Bertz CT molecular complexity index is 716. The molecule has 0 saturated carbocycles. The highest BCUT2D eigenvalue weighted by atomic mass is 16.2. The van der Waals surface area contributed by atoms with Crippen LogP contribution in [0.5, 0.6) is 0 Å². The molecule has 0 radical (unpaired) electrons. The van der Waals surface area contributed by atoms with E-state index in [0.717, 1.165) is 5.01 Å². The van der Waals surface area contributed by atoms with Crippen LogP contribution in [0.2, 0.25) is 0 Å². The molecule has 3 rings (SSSR count). The molecule has 110 valence electrons. The predicted molar refractivity (Wildman–Crippen MR) is 79.9 cm³/mol. The molecule has 0 atom stereocenters. The van der Waals surface area contributed by atoms with E-state index in [-0.39, 0.29) is 6.54 Å². The minimum atomic E-state index is -0.569. The van der Waals surface area contributed by atoms with Crippen molar-refractivity contribution < 1.29 is 14.4 Å². The number of benzene rings is 2. The number of hydrazine groups is 1. The van der Waals surface area contributed by atoms with Crippen LogP contribution in [0.3, 0.4) is 0 Å². The van der Waals surface area contributed by atoms with Gasteiger partial charge in [0.05, 0.1) is 0 Å². The molecule has 0 aliphatic carbocycles. The summed E-state index contributed by atoms with van der Waals surface area (Å²) in [6.07, 6.45) is 0. The van der Waals surface area contributed by atoms with Crippen LogP contribution in [-0.2, 0) is 4.79 Å². The number of urea groups is 1. The SMILES string of the molecule is O=C(NN1C(=O)CN(c2ccccc2)C1=O)c1ccccc1. The molecule has 2 aromatic rings. The average molecular weight is 295 g/mol. The van der Waals surface area contributed by atoms with Crippen molar-refractivity contribution in [1.29, 1.82) is 0 Å². The molecule has 6 nitrogen and oxygen atoms in total. The van der Waals surface area contributed by atoms with Gasteiger partial charge in [-0.1, -0.05) is 36.4 Å². The number of hydrogen-bond donors (Lipinski definition) is 1. The third kappa shape index (κ3) is 2.54. The van der Waals surface area contributed by atoms with E-state index in [1.54, 1.807) is 54.6 Å². The first-order valence-corrected chi connectivity index (χ1v) is 6.72. The molecule has 2 aromatic carbocycles. The largest absolute Gasteiger partial charge is 0.351 e. The molecule has 4 amide bonds. The summed E-state index contributed by atoms with van der Waals surface area (Å²) in [5.41, 5.74) is 3.33. The first-order valence-electron chi connectivity index (χ1n) is 6.72. The minimum absolute atomic E-state index is 0.0993. The summed E-state index contributed by atoms with van der Waals surface area (Å²) in [5, 5.41) is 0.752. The van der Waals surface area contributed by atoms with Crippen molar-refractivity contribution in [2.24, 2.45) is 0 Å². The van der Waals surface area contributed by atoms with Gasteiger partial charge in [0.2, 0.25) is 0 Å². The fraction of sp³-hybridized carbons (Fsp3) is 0.0625. The molecular weight excluding hydrogens is 282 g/mol. The lowest BCUT2D eigenvalue weighted by molar-refractivity contribution is -0.126. The van der Waals surface area contributed by atoms with Gasteiger partial charge in [-0.05, 0) is 24.3 Å². The molecular formula is C16H13N3O3. The highest BCUT2D eigenvalue weighted by Crippen LogP contribution is 2.19. The maximum Gasteiger partial charge on any atom is 0.351 e. The second-order valence-electron chi connectivity index (χ2n) is 4.74. The number of imide groups is 1. The van der Waals surface area contributed by atoms with Gasteiger partial charge < -0.3 is 0 Å². The fourth-order valence-electron chi connectivity index (χ4n) is 2.18. The molecule has 1 aliphatic rings. The Morgan fingerprint density at radius 1 is 0.909 bits per heavy atom. The summed E-state index contributed by atoms with van der Waals surface area (Å²) in [4.78, 5) is 37.7. The zero-order valence-electron chi connectivity index (χ0n) is 11.6. The number of rotatable bonds is 3. The Kier molecular flexibility index (Phi) is 3.57. The lowest BCUT2D eigenvalue weighted by Crippen LogP contribution is -2.46. The third-order valence-electron chi connectivity index (χ3n) is 3.28. The van der Waals surface area contributed by atoms with Gasteiger partial charge in [0.1, 0.15) is 6.54 Å². The van der Waals surface area contributed by atoms with Crippen molar-refractivity contribution in [2.75, 3.05) is 11.4 Å². The van der Waals surface area contributed by atoms with Gasteiger partial charge in [-0.15, -0.1) is 0 Å². The lowest BCUT2D eigenvalue weighted by Gasteiger charge is -2.17. The third-order valence-corrected chi connectivity index (χ3v) is 3.28. The van der Waals surface area contributed by atoms with Gasteiger partial charge >= 0.3 is 6.03 Å². The number of carbonyl (C=O) groups is 3. The second kappa shape index (κ2) is 5.69. The smallest absolute Gasteiger partial charge is 0.283 e. The number of hydrogen-bond acceptors (Lipinski definition) is 3. The molecule has 1 aliphatic heterocycles. The monoisotopic (exact) mass is 295 g/mol. The Morgan fingerprint density at radius 3 is 2.14 bits per heavy atom. The van der Waals surface area contributed by atoms with Crippen molar-refractivity contribution in [2.45, 2.75) is 0 Å². The Hall–Kier alpha value is -3.15.